The Hall–Kier alpha value is -0.240. The first kappa shape index (κ1) is 15.2. The lowest BCUT2D eigenvalue weighted by molar-refractivity contribution is 0.468. The minimum absolute atomic E-state index is 0.151. The molecule has 0 bridgehead atoms. The molecule has 0 aliphatic carbocycles. The van der Waals surface area contributed by atoms with E-state index in [1.165, 1.54) is 0 Å². The van der Waals surface area contributed by atoms with Crippen LogP contribution in [0.1, 0.15) is 0 Å². The molecule has 0 saturated carbocycles. The van der Waals surface area contributed by atoms with E-state index in [0.29, 0.717) is 17.9 Å². The van der Waals surface area contributed by atoms with Crippen LogP contribution >= 0.6 is 63.7 Å². The average molecular weight is 517 g/mol. The van der Waals surface area contributed by atoms with E-state index < -0.39 is 0 Å². The monoisotopic (exact) mass is 513 g/mol. The van der Waals surface area contributed by atoms with E-state index in [0.717, 1.165) is 11.4 Å². The van der Waals surface area contributed by atoms with Gasteiger partial charge in [0.25, 0.3) is 0 Å². The van der Waals surface area contributed by atoms with E-state index in [1.54, 1.807) is 24.3 Å². The zero-order valence-corrected chi connectivity index (χ0v) is 15.6. The zero-order chi connectivity index (χ0) is 14.2. The van der Waals surface area contributed by atoms with Gasteiger partial charge in [-0.3, -0.25) is 0 Å². The molecule has 0 aliphatic heterocycles. The second kappa shape index (κ2) is 6.03. The molecule has 0 spiro atoms. The fourth-order valence-corrected chi connectivity index (χ4v) is 3.81. The van der Waals surface area contributed by atoms with Gasteiger partial charge >= 0.3 is 0 Å². The third-order valence-electron chi connectivity index (χ3n) is 2.32. The zero-order valence-electron chi connectivity index (χ0n) is 9.22. The molecule has 0 radical (unpaired) electrons. The summed E-state index contributed by atoms with van der Waals surface area (Å²) in [5, 5.41) is 22.5. The number of nitrogens with one attached hydrogen (secondary N) is 1. The highest BCUT2D eigenvalue weighted by Gasteiger charge is 2.09. The number of phenols is 2. The maximum atomic E-state index is 9.65. The van der Waals surface area contributed by atoms with Gasteiger partial charge in [0.1, 0.15) is 11.5 Å². The van der Waals surface area contributed by atoms with Gasteiger partial charge in [-0.25, -0.2) is 0 Å². The van der Waals surface area contributed by atoms with Crippen molar-refractivity contribution in [2.75, 3.05) is 5.32 Å². The van der Waals surface area contributed by atoms with Crippen molar-refractivity contribution < 1.29 is 10.2 Å². The minimum Gasteiger partial charge on any atom is -0.506 e. The molecule has 19 heavy (non-hydrogen) atoms. The van der Waals surface area contributed by atoms with E-state index in [2.05, 4.69) is 69.0 Å². The first-order chi connectivity index (χ1) is 8.88. The van der Waals surface area contributed by atoms with Crippen LogP contribution < -0.4 is 5.32 Å². The summed E-state index contributed by atoms with van der Waals surface area (Å²) in [6.07, 6.45) is 0. The molecule has 0 heterocycles. The van der Waals surface area contributed by atoms with Crippen LogP contribution in [0.3, 0.4) is 0 Å². The molecule has 7 heteroatoms. The largest absolute Gasteiger partial charge is 0.506 e. The molecule has 0 fully saturated rings. The van der Waals surface area contributed by atoms with E-state index in [9.17, 15) is 10.2 Å². The van der Waals surface area contributed by atoms with Crippen molar-refractivity contribution in [1.82, 2.24) is 0 Å². The van der Waals surface area contributed by atoms with Gasteiger partial charge < -0.3 is 15.5 Å². The highest BCUT2D eigenvalue weighted by atomic mass is 79.9. The number of halogens is 4. The second-order valence-corrected chi connectivity index (χ2v) is 7.12. The normalized spacial score (nSPS) is 10.5. The number of hydrogen-bond acceptors (Lipinski definition) is 3. The fraction of sp³-hybridized carbons (Fsp3) is 0. The molecule has 0 atom stereocenters. The van der Waals surface area contributed by atoms with Crippen LogP contribution in [0.4, 0.5) is 11.4 Å². The van der Waals surface area contributed by atoms with E-state index in [-0.39, 0.29) is 11.5 Å². The summed E-state index contributed by atoms with van der Waals surface area (Å²) in [7, 11) is 0. The van der Waals surface area contributed by atoms with Crippen LogP contribution in [-0.2, 0) is 0 Å². The highest BCUT2D eigenvalue weighted by molar-refractivity contribution is 9.11. The molecule has 3 nitrogen and oxygen atoms in total. The predicted molar refractivity (Wildman–Crippen MR) is 90.3 cm³/mol. The SMILES string of the molecule is Oc1c(Br)cc(Nc2cc(Br)c(O)c(Br)c2)cc1Br. The van der Waals surface area contributed by atoms with Crippen LogP contribution in [0.5, 0.6) is 11.5 Å². The van der Waals surface area contributed by atoms with Crippen LogP contribution in [0, 0.1) is 0 Å². The molecule has 2 rings (SSSR count). The Morgan fingerprint density at radius 3 is 1.16 bits per heavy atom. The summed E-state index contributed by atoms with van der Waals surface area (Å²) in [5.74, 6) is 0.303. The summed E-state index contributed by atoms with van der Waals surface area (Å²) in [6.45, 7) is 0. The molecule has 0 aromatic heterocycles. The van der Waals surface area contributed by atoms with Crippen LogP contribution in [0.2, 0.25) is 0 Å². The number of aromatic hydroxyl groups is 2. The van der Waals surface area contributed by atoms with E-state index in [4.69, 9.17) is 0 Å². The van der Waals surface area contributed by atoms with Crippen LogP contribution in [-0.4, -0.2) is 10.2 Å². The topological polar surface area (TPSA) is 52.5 Å². The van der Waals surface area contributed by atoms with Gasteiger partial charge in [0, 0.05) is 11.4 Å². The summed E-state index contributed by atoms with van der Waals surface area (Å²) >= 11 is 13.1. The first-order valence-electron chi connectivity index (χ1n) is 5.01. The average Bonchev–Trinajstić information content (AvgIpc) is 2.33. The van der Waals surface area contributed by atoms with Gasteiger partial charge in [0.05, 0.1) is 17.9 Å². The molecule has 2 aromatic rings. The van der Waals surface area contributed by atoms with Gasteiger partial charge in [-0.15, -0.1) is 0 Å². The molecule has 3 N–H and O–H groups in total. The van der Waals surface area contributed by atoms with Crippen molar-refractivity contribution >= 4 is 75.1 Å². The third-order valence-corrected chi connectivity index (χ3v) is 4.74. The lowest BCUT2D eigenvalue weighted by Crippen LogP contribution is -1.91. The number of anilines is 2. The Balaban J connectivity index is 2.36. The van der Waals surface area contributed by atoms with Gasteiger partial charge in [0.15, 0.2) is 0 Å². The first-order valence-corrected chi connectivity index (χ1v) is 8.18. The van der Waals surface area contributed by atoms with Gasteiger partial charge in [-0.2, -0.15) is 0 Å². The lowest BCUT2D eigenvalue weighted by Gasteiger charge is -2.11. The Kier molecular flexibility index (Phi) is 4.81. The standard InChI is InChI=1S/C12H7Br4NO2/c13-7-1-5(2-8(14)11(7)18)17-6-3-9(15)12(19)10(16)4-6/h1-4,17-19H. The van der Waals surface area contributed by atoms with Gasteiger partial charge in [-0.1, -0.05) is 0 Å². The van der Waals surface area contributed by atoms with Crippen molar-refractivity contribution in [1.29, 1.82) is 0 Å². The Morgan fingerprint density at radius 2 is 0.895 bits per heavy atom. The summed E-state index contributed by atoms with van der Waals surface area (Å²) < 4.78 is 2.34. The number of rotatable bonds is 2. The lowest BCUT2D eigenvalue weighted by atomic mass is 10.2. The number of benzene rings is 2. The van der Waals surface area contributed by atoms with Crippen molar-refractivity contribution in [2.45, 2.75) is 0 Å². The Bertz CT molecular complexity index is 544. The summed E-state index contributed by atoms with van der Waals surface area (Å²) in [5.41, 5.74) is 1.59. The van der Waals surface area contributed by atoms with Crippen LogP contribution in [0.25, 0.3) is 0 Å². The molecule has 100 valence electrons. The minimum atomic E-state index is 0.151. The smallest absolute Gasteiger partial charge is 0.144 e. The molecule has 2 aromatic carbocycles. The van der Waals surface area contributed by atoms with Crippen molar-refractivity contribution in [2.24, 2.45) is 0 Å². The maximum Gasteiger partial charge on any atom is 0.144 e. The summed E-state index contributed by atoms with van der Waals surface area (Å²) in [4.78, 5) is 0. The predicted octanol–water partition coefficient (Wildman–Crippen LogP) is 5.89. The second-order valence-electron chi connectivity index (χ2n) is 3.70. The third kappa shape index (κ3) is 3.45. The van der Waals surface area contributed by atoms with E-state index >= 15 is 0 Å². The van der Waals surface area contributed by atoms with E-state index in [1.807, 2.05) is 0 Å². The van der Waals surface area contributed by atoms with Crippen molar-refractivity contribution in [3.8, 4) is 11.5 Å². The molecule has 0 aliphatic rings. The molecular weight excluding hydrogens is 510 g/mol. The fourth-order valence-electron chi connectivity index (χ4n) is 1.44. The quantitative estimate of drug-likeness (QED) is 0.436. The maximum absolute atomic E-state index is 9.65. The van der Waals surface area contributed by atoms with Crippen molar-refractivity contribution in [3.63, 3.8) is 0 Å². The molecule has 0 amide bonds. The molecular formula is C12H7Br4NO2. The molecule has 0 saturated heterocycles. The van der Waals surface area contributed by atoms with Gasteiger partial charge in [-0.05, 0) is 88.0 Å². The molecule has 0 unspecified atom stereocenters. The summed E-state index contributed by atoms with van der Waals surface area (Å²) in [6, 6.07) is 7.03. The Morgan fingerprint density at radius 1 is 0.632 bits per heavy atom. The van der Waals surface area contributed by atoms with Gasteiger partial charge in [0.2, 0.25) is 0 Å². The number of phenolic OH excluding ortho intramolecular Hbond substituents is 2. The van der Waals surface area contributed by atoms with Crippen LogP contribution in [0.15, 0.2) is 42.2 Å². The Labute approximate surface area is 143 Å². The highest BCUT2D eigenvalue weighted by Crippen LogP contribution is 2.38. The van der Waals surface area contributed by atoms with Crippen molar-refractivity contribution in [3.05, 3.63) is 42.2 Å². The number of hydrogen-bond donors (Lipinski definition) is 3.